The molecule has 1 heterocycles. The van der Waals surface area contributed by atoms with Crippen molar-refractivity contribution in [2.75, 3.05) is 6.54 Å². The van der Waals surface area contributed by atoms with Crippen LogP contribution in [-0.4, -0.2) is 19.9 Å². The highest BCUT2D eigenvalue weighted by Crippen LogP contribution is 2.17. The third kappa shape index (κ3) is 4.48. The molecule has 0 aliphatic rings. The molecule has 3 rings (SSSR count). The first-order chi connectivity index (χ1) is 11.9. The first kappa shape index (κ1) is 17.7. The lowest BCUT2D eigenvalue weighted by Gasteiger charge is -2.08. The van der Waals surface area contributed by atoms with Gasteiger partial charge in [0.25, 0.3) is 5.56 Å². The predicted octanol–water partition coefficient (Wildman–Crippen LogP) is 2.84. The van der Waals surface area contributed by atoms with Gasteiger partial charge in [-0.2, -0.15) is 0 Å². The van der Waals surface area contributed by atoms with Crippen molar-refractivity contribution in [1.29, 1.82) is 0 Å². The minimum Gasteiger partial charge on any atom is -0.322 e. The van der Waals surface area contributed by atoms with Gasteiger partial charge in [-0.05, 0) is 35.6 Å². The summed E-state index contributed by atoms with van der Waals surface area (Å²) < 4.78 is 26.9. The normalized spacial score (nSPS) is 11.7. The number of H-pyrrole nitrogens is 1. The number of rotatable bonds is 6. The molecule has 5 nitrogen and oxygen atoms in total. The Hall–Kier alpha value is -2.15. The van der Waals surface area contributed by atoms with Crippen LogP contribution in [-0.2, 0) is 22.2 Å². The Balaban J connectivity index is 1.67. The summed E-state index contributed by atoms with van der Waals surface area (Å²) in [5, 5.41) is 1.33. The van der Waals surface area contributed by atoms with E-state index in [4.69, 9.17) is 11.6 Å². The average molecular weight is 377 g/mol. The molecule has 0 spiro atoms. The van der Waals surface area contributed by atoms with E-state index < -0.39 is 10.0 Å². The number of sulfonamides is 1. The second-order valence-electron chi connectivity index (χ2n) is 5.71. The zero-order valence-corrected chi connectivity index (χ0v) is 14.9. The molecule has 0 bridgehead atoms. The zero-order valence-electron chi connectivity index (χ0n) is 13.3. The Morgan fingerprint density at radius 2 is 1.72 bits per heavy atom. The quantitative estimate of drug-likeness (QED) is 0.694. The summed E-state index contributed by atoms with van der Waals surface area (Å²) in [6.07, 6.45) is 0.307. The van der Waals surface area contributed by atoms with Gasteiger partial charge in [0.05, 0.1) is 5.75 Å². The summed E-state index contributed by atoms with van der Waals surface area (Å²) in [4.78, 5) is 14.9. The largest absolute Gasteiger partial charge is 0.322 e. The molecule has 0 unspecified atom stereocenters. The van der Waals surface area contributed by atoms with Crippen LogP contribution in [0.4, 0.5) is 0 Å². The third-order valence-corrected chi connectivity index (χ3v) is 5.55. The lowest BCUT2D eigenvalue weighted by atomic mass is 10.1. The minimum absolute atomic E-state index is 0.147. The van der Waals surface area contributed by atoms with Crippen LogP contribution in [0.25, 0.3) is 10.9 Å². The molecule has 0 aliphatic carbocycles. The Labute approximate surface area is 150 Å². The molecule has 2 aromatic carbocycles. The molecule has 0 fully saturated rings. The molecule has 0 aliphatic heterocycles. The molecule has 0 saturated carbocycles. The van der Waals surface area contributed by atoms with E-state index in [0.29, 0.717) is 22.6 Å². The van der Waals surface area contributed by atoms with Crippen molar-refractivity contribution in [2.45, 2.75) is 12.2 Å². The van der Waals surface area contributed by atoms with Gasteiger partial charge in [0.1, 0.15) is 0 Å². The second-order valence-corrected chi connectivity index (χ2v) is 7.92. The van der Waals surface area contributed by atoms with Gasteiger partial charge in [0.15, 0.2) is 0 Å². The molecule has 0 radical (unpaired) electrons. The molecular formula is C18H17ClN2O3S. The number of hydrogen-bond acceptors (Lipinski definition) is 3. The number of aromatic amines is 1. The average Bonchev–Trinajstić information content (AvgIpc) is 2.57. The van der Waals surface area contributed by atoms with Crippen LogP contribution in [0.3, 0.4) is 0 Å². The molecule has 1 aromatic heterocycles. The number of fused-ring (bicyclic) bond motifs is 1. The summed E-state index contributed by atoms with van der Waals surface area (Å²) in [6, 6.07) is 16.1. The van der Waals surface area contributed by atoms with Crippen LogP contribution >= 0.6 is 11.6 Å². The topological polar surface area (TPSA) is 79.0 Å². The van der Waals surface area contributed by atoms with Crippen LogP contribution in [0, 0.1) is 0 Å². The number of hydrogen-bond donors (Lipinski definition) is 2. The number of aromatic nitrogens is 1. The molecule has 0 atom stereocenters. The monoisotopic (exact) mass is 376 g/mol. The molecule has 7 heteroatoms. The van der Waals surface area contributed by atoms with Gasteiger partial charge in [-0.1, -0.05) is 48.0 Å². The fourth-order valence-corrected chi connectivity index (χ4v) is 4.05. The predicted molar refractivity (Wildman–Crippen MR) is 100 cm³/mol. The smallest absolute Gasteiger partial charge is 0.251 e. The van der Waals surface area contributed by atoms with Crippen LogP contribution in [0.5, 0.6) is 0 Å². The Morgan fingerprint density at radius 3 is 2.52 bits per heavy atom. The summed E-state index contributed by atoms with van der Waals surface area (Å²) in [5.41, 5.74) is 1.64. The van der Waals surface area contributed by atoms with Crippen LogP contribution in [0.2, 0.25) is 5.02 Å². The van der Waals surface area contributed by atoms with Gasteiger partial charge in [-0.25, -0.2) is 13.1 Å². The van der Waals surface area contributed by atoms with E-state index >= 15 is 0 Å². The highest BCUT2D eigenvalue weighted by atomic mass is 35.5. The summed E-state index contributed by atoms with van der Waals surface area (Å²) in [7, 11) is -3.53. The van der Waals surface area contributed by atoms with Gasteiger partial charge >= 0.3 is 0 Å². The minimum atomic E-state index is -3.53. The molecule has 25 heavy (non-hydrogen) atoms. The summed E-state index contributed by atoms with van der Waals surface area (Å²) in [5.74, 6) is -0.194. The van der Waals surface area contributed by atoms with Crippen molar-refractivity contribution >= 4 is 32.5 Å². The number of benzene rings is 2. The highest BCUT2D eigenvalue weighted by molar-refractivity contribution is 7.88. The number of pyridine rings is 1. The van der Waals surface area contributed by atoms with Crippen molar-refractivity contribution in [3.8, 4) is 0 Å². The third-order valence-electron chi connectivity index (χ3n) is 3.85. The molecule has 130 valence electrons. The first-order valence-electron chi connectivity index (χ1n) is 7.76. The van der Waals surface area contributed by atoms with Crippen molar-refractivity contribution < 1.29 is 8.42 Å². The number of halogens is 1. The fourth-order valence-electron chi connectivity index (χ4n) is 2.59. The highest BCUT2D eigenvalue weighted by Gasteiger charge is 2.13. The standard InChI is InChI=1S/C18H17ClN2O3S/c19-16-7-3-1-6-15(16)12-25(23,24)20-10-9-14-11-13-5-2-4-8-17(13)21-18(14)22/h1-8,11,20H,9-10,12H2,(H,21,22). The SMILES string of the molecule is O=c1[nH]c2ccccc2cc1CCNS(=O)(=O)Cc1ccccc1Cl. The van der Waals surface area contributed by atoms with E-state index in [1.165, 1.54) is 0 Å². The van der Waals surface area contributed by atoms with Crippen LogP contribution in [0.1, 0.15) is 11.1 Å². The Morgan fingerprint density at radius 1 is 1.00 bits per heavy atom. The van der Waals surface area contributed by atoms with Crippen LogP contribution in [0.15, 0.2) is 59.4 Å². The van der Waals surface area contributed by atoms with E-state index in [-0.39, 0.29) is 17.9 Å². The maximum Gasteiger partial charge on any atom is 0.251 e. The van der Waals surface area contributed by atoms with Crippen molar-refractivity contribution in [1.82, 2.24) is 9.71 Å². The second kappa shape index (κ2) is 7.39. The maximum atomic E-state index is 12.2. The van der Waals surface area contributed by atoms with Gasteiger partial charge in [-0.3, -0.25) is 4.79 Å². The van der Waals surface area contributed by atoms with E-state index in [0.717, 1.165) is 10.9 Å². The lowest BCUT2D eigenvalue weighted by molar-refractivity contribution is 0.580. The Kier molecular flexibility index (Phi) is 5.22. The summed E-state index contributed by atoms with van der Waals surface area (Å²) >= 11 is 6.00. The van der Waals surface area contributed by atoms with E-state index in [9.17, 15) is 13.2 Å². The van der Waals surface area contributed by atoms with E-state index in [1.54, 1.807) is 30.3 Å². The lowest BCUT2D eigenvalue weighted by Crippen LogP contribution is -2.28. The van der Waals surface area contributed by atoms with Crippen molar-refractivity contribution in [2.24, 2.45) is 0 Å². The maximum absolute atomic E-state index is 12.2. The Bertz CT molecular complexity index is 1060. The zero-order chi connectivity index (χ0) is 17.9. The van der Waals surface area contributed by atoms with E-state index in [1.807, 2.05) is 24.3 Å². The first-order valence-corrected chi connectivity index (χ1v) is 9.79. The number of para-hydroxylation sites is 1. The van der Waals surface area contributed by atoms with Gasteiger partial charge in [0.2, 0.25) is 10.0 Å². The van der Waals surface area contributed by atoms with Gasteiger partial charge < -0.3 is 4.98 Å². The molecule has 2 N–H and O–H groups in total. The molecule has 0 amide bonds. The molecular weight excluding hydrogens is 360 g/mol. The van der Waals surface area contributed by atoms with E-state index in [2.05, 4.69) is 9.71 Å². The van der Waals surface area contributed by atoms with Crippen molar-refractivity contribution in [3.05, 3.63) is 81.1 Å². The summed E-state index contributed by atoms with van der Waals surface area (Å²) in [6.45, 7) is 0.147. The fraction of sp³-hybridized carbons (Fsp3) is 0.167. The number of nitrogens with one attached hydrogen (secondary N) is 2. The molecule has 0 saturated heterocycles. The van der Waals surface area contributed by atoms with Crippen LogP contribution < -0.4 is 10.3 Å². The van der Waals surface area contributed by atoms with Gasteiger partial charge in [0, 0.05) is 22.6 Å². The molecule has 3 aromatic rings. The van der Waals surface area contributed by atoms with Crippen molar-refractivity contribution in [3.63, 3.8) is 0 Å². The van der Waals surface area contributed by atoms with Gasteiger partial charge in [-0.15, -0.1) is 0 Å².